The van der Waals surface area contributed by atoms with Gasteiger partial charge in [-0.05, 0) is 30.7 Å². The highest BCUT2D eigenvalue weighted by molar-refractivity contribution is 6.07. The number of rotatable bonds is 3. The van der Waals surface area contributed by atoms with Crippen LogP contribution in [0.15, 0.2) is 30.5 Å². The summed E-state index contributed by atoms with van der Waals surface area (Å²) in [7, 11) is 1.73. The molecule has 1 aromatic heterocycles. The first-order valence-electron chi connectivity index (χ1n) is 7.46. The first-order chi connectivity index (χ1) is 10.6. The van der Waals surface area contributed by atoms with E-state index in [1.165, 1.54) is 12.1 Å². The summed E-state index contributed by atoms with van der Waals surface area (Å²) in [5.41, 5.74) is 2.04. The zero-order chi connectivity index (χ0) is 15.7. The van der Waals surface area contributed by atoms with E-state index in [0.29, 0.717) is 17.9 Å². The van der Waals surface area contributed by atoms with Gasteiger partial charge in [-0.1, -0.05) is 6.92 Å². The number of aromatic nitrogens is 2. The van der Waals surface area contributed by atoms with Crippen molar-refractivity contribution in [1.29, 1.82) is 0 Å². The number of benzene rings is 1. The van der Waals surface area contributed by atoms with Crippen molar-refractivity contribution in [3.05, 3.63) is 42.0 Å². The highest BCUT2D eigenvalue weighted by atomic mass is 19.1. The smallest absolute Gasteiger partial charge is 0.276 e. The Morgan fingerprint density at radius 1 is 1.27 bits per heavy atom. The van der Waals surface area contributed by atoms with Gasteiger partial charge in [0, 0.05) is 32.9 Å². The Morgan fingerprint density at radius 3 is 2.77 bits per heavy atom. The van der Waals surface area contributed by atoms with Crippen LogP contribution in [0.2, 0.25) is 0 Å². The predicted octanol–water partition coefficient (Wildman–Crippen LogP) is 2.44. The monoisotopic (exact) mass is 302 g/mol. The van der Waals surface area contributed by atoms with Crippen molar-refractivity contribution in [2.75, 3.05) is 29.4 Å². The summed E-state index contributed by atoms with van der Waals surface area (Å²) >= 11 is 0. The third kappa shape index (κ3) is 2.45. The molecule has 0 saturated carbocycles. The van der Waals surface area contributed by atoms with Gasteiger partial charge in [0.2, 0.25) is 0 Å². The van der Waals surface area contributed by atoms with Crippen LogP contribution in [-0.2, 0) is 7.05 Å². The minimum atomic E-state index is -0.333. The molecule has 1 amide bonds. The third-order valence-electron chi connectivity index (χ3n) is 3.94. The third-order valence-corrected chi connectivity index (χ3v) is 3.94. The molecule has 0 spiro atoms. The normalized spacial score (nSPS) is 14.1. The zero-order valence-electron chi connectivity index (χ0n) is 12.8. The Labute approximate surface area is 128 Å². The fourth-order valence-corrected chi connectivity index (χ4v) is 2.88. The van der Waals surface area contributed by atoms with Gasteiger partial charge in [0.25, 0.3) is 5.91 Å². The van der Waals surface area contributed by atoms with Crippen molar-refractivity contribution in [1.82, 2.24) is 9.78 Å². The number of halogens is 1. The number of nitrogens with zero attached hydrogens (tertiary/aromatic N) is 4. The Hall–Kier alpha value is -2.37. The van der Waals surface area contributed by atoms with Crippen molar-refractivity contribution in [3.8, 4) is 0 Å². The molecule has 1 aliphatic rings. The Bertz CT molecular complexity index is 697. The molecule has 1 aliphatic heterocycles. The summed E-state index contributed by atoms with van der Waals surface area (Å²) in [6, 6.07) is 6.31. The van der Waals surface area contributed by atoms with E-state index >= 15 is 0 Å². The molecule has 0 N–H and O–H groups in total. The van der Waals surface area contributed by atoms with Gasteiger partial charge >= 0.3 is 0 Å². The number of hydrogen-bond acceptors (Lipinski definition) is 3. The van der Waals surface area contributed by atoms with E-state index in [-0.39, 0.29) is 11.7 Å². The lowest BCUT2D eigenvalue weighted by molar-refractivity contribution is 0.0977. The molecule has 0 aliphatic carbocycles. The first kappa shape index (κ1) is 14.6. The van der Waals surface area contributed by atoms with Crippen LogP contribution in [0.1, 0.15) is 23.8 Å². The molecule has 0 unspecified atom stereocenters. The number of amides is 1. The first-order valence-corrected chi connectivity index (χ1v) is 7.46. The molecule has 6 heteroatoms. The van der Waals surface area contributed by atoms with E-state index in [9.17, 15) is 9.18 Å². The van der Waals surface area contributed by atoms with Gasteiger partial charge in [-0.25, -0.2) is 4.39 Å². The number of aryl methyl sites for hydroxylation is 1. The second kappa shape index (κ2) is 5.79. The average molecular weight is 302 g/mol. The van der Waals surface area contributed by atoms with E-state index in [1.54, 1.807) is 35.0 Å². The maximum atomic E-state index is 13.7. The molecule has 0 bridgehead atoms. The standard InChI is InChI=1S/C16H19FN4O/c1-3-8-20-9-10-21(15-11-12(17)4-5-13(15)20)16(22)14-6-7-18-19(14)2/h4-7,11H,3,8-10H2,1-2H3. The van der Waals surface area contributed by atoms with Crippen LogP contribution in [-0.4, -0.2) is 35.3 Å². The minimum absolute atomic E-state index is 0.150. The highest BCUT2D eigenvalue weighted by Gasteiger charge is 2.28. The predicted molar refractivity (Wildman–Crippen MR) is 83.8 cm³/mol. The van der Waals surface area contributed by atoms with E-state index < -0.39 is 0 Å². The maximum absolute atomic E-state index is 13.7. The van der Waals surface area contributed by atoms with Gasteiger partial charge in [0.05, 0.1) is 11.4 Å². The average Bonchev–Trinajstić information content (AvgIpc) is 2.93. The summed E-state index contributed by atoms with van der Waals surface area (Å²) in [6.07, 6.45) is 2.60. The summed E-state index contributed by atoms with van der Waals surface area (Å²) in [4.78, 5) is 16.6. The lowest BCUT2D eigenvalue weighted by Crippen LogP contribution is -2.45. The van der Waals surface area contributed by atoms with Crippen LogP contribution in [0.25, 0.3) is 0 Å². The molecular formula is C16H19FN4O. The molecule has 116 valence electrons. The second-order valence-electron chi connectivity index (χ2n) is 5.42. The van der Waals surface area contributed by atoms with Crippen LogP contribution >= 0.6 is 0 Å². The molecule has 3 rings (SSSR count). The van der Waals surface area contributed by atoms with E-state index in [1.807, 2.05) is 0 Å². The van der Waals surface area contributed by atoms with Crippen LogP contribution in [0.5, 0.6) is 0 Å². The topological polar surface area (TPSA) is 41.4 Å². The van der Waals surface area contributed by atoms with Gasteiger partial charge in [-0.15, -0.1) is 0 Å². The number of carbonyl (C=O) groups is 1. The maximum Gasteiger partial charge on any atom is 0.276 e. The fourth-order valence-electron chi connectivity index (χ4n) is 2.88. The molecule has 1 aromatic carbocycles. The van der Waals surface area contributed by atoms with Crippen LogP contribution in [0, 0.1) is 5.82 Å². The van der Waals surface area contributed by atoms with Gasteiger partial charge in [0.1, 0.15) is 11.5 Å². The van der Waals surface area contributed by atoms with Gasteiger partial charge in [-0.3, -0.25) is 9.48 Å². The number of fused-ring (bicyclic) bond motifs is 1. The van der Waals surface area contributed by atoms with E-state index in [0.717, 1.165) is 25.2 Å². The van der Waals surface area contributed by atoms with E-state index in [2.05, 4.69) is 16.9 Å². The number of hydrogen-bond donors (Lipinski definition) is 0. The zero-order valence-corrected chi connectivity index (χ0v) is 12.8. The van der Waals surface area contributed by atoms with Gasteiger partial charge < -0.3 is 9.80 Å². The SMILES string of the molecule is CCCN1CCN(C(=O)c2ccnn2C)c2cc(F)ccc21. The molecule has 0 saturated heterocycles. The highest BCUT2D eigenvalue weighted by Crippen LogP contribution is 2.34. The minimum Gasteiger partial charge on any atom is -0.368 e. The summed E-state index contributed by atoms with van der Waals surface area (Å²) in [5, 5.41) is 4.04. The van der Waals surface area contributed by atoms with Gasteiger partial charge in [-0.2, -0.15) is 5.10 Å². The number of anilines is 2. The van der Waals surface area contributed by atoms with Crippen LogP contribution < -0.4 is 9.80 Å². The number of carbonyl (C=O) groups excluding carboxylic acids is 1. The lowest BCUT2D eigenvalue weighted by atomic mass is 10.1. The molecule has 5 nitrogen and oxygen atoms in total. The summed E-state index contributed by atoms with van der Waals surface area (Å²) in [5.74, 6) is -0.483. The van der Waals surface area contributed by atoms with Crippen molar-refractivity contribution < 1.29 is 9.18 Å². The Morgan fingerprint density at radius 2 is 2.09 bits per heavy atom. The second-order valence-corrected chi connectivity index (χ2v) is 5.42. The molecule has 2 aromatic rings. The molecule has 0 radical (unpaired) electrons. The molecular weight excluding hydrogens is 283 g/mol. The van der Waals surface area contributed by atoms with Crippen molar-refractivity contribution in [2.45, 2.75) is 13.3 Å². The largest absolute Gasteiger partial charge is 0.368 e. The fraction of sp³-hybridized carbons (Fsp3) is 0.375. The quantitative estimate of drug-likeness (QED) is 0.874. The van der Waals surface area contributed by atoms with Crippen molar-refractivity contribution in [2.24, 2.45) is 7.05 Å². The molecule has 0 atom stereocenters. The van der Waals surface area contributed by atoms with E-state index in [4.69, 9.17) is 0 Å². The van der Waals surface area contributed by atoms with Gasteiger partial charge in [0.15, 0.2) is 0 Å². The summed E-state index contributed by atoms with van der Waals surface area (Å²) in [6.45, 7) is 4.29. The van der Waals surface area contributed by atoms with Crippen LogP contribution in [0.4, 0.5) is 15.8 Å². The summed E-state index contributed by atoms with van der Waals surface area (Å²) < 4.78 is 15.2. The van der Waals surface area contributed by atoms with Crippen molar-refractivity contribution >= 4 is 17.3 Å². The Balaban J connectivity index is 2.00. The lowest BCUT2D eigenvalue weighted by Gasteiger charge is -2.37. The molecule has 0 fully saturated rings. The Kier molecular flexibility index (Phi) is 3.83. The van der Waals surface area contributed by atoms with Crippen LogP contribution in [0.3, 0.4) is 0 Å². The molecule has 22 heavy (non-hydrogen) atoms. The molecule has 2 heterocycles. The van der Waals surface area contributed by atoms with Crippen molar-refractivity contribution in [3.63, 3.8) is 0 Å².